The maximum Gasteiger partial charge on any atom is 0.410 e. The van der Waals surface area contributed by atoms with Gasteiger partial charge in [-0.2, -0.15) is 4.79 Å². The molecule has 0 spiro atoms. The van der Waals surface area contributed by atoms with Crippen molar-refractivity contribution in [1.82, 2.24) is 4.90 Å². The molecule has 0 bridgehead atoms. The van der Waals surface area contributed by atoms with E-state index in [0.717, 1.165) is 17.3 Å². The summed E-state index contributed by atoms with van der Waals surface area (Å²) in [5.74, 6) is -0.256. The van der Waals surface area contributed by atoms with Gasteiger partial charge in [-0.05, 0) is 24.0 Å². The summed E-state index contributed by atoms with van der Waals surface area (Å²) < 4.78 is 5.39. The van der Waals surface area contributed by atoms with E-state index < -0.39 is 5.41 Å². The number of rotatable bonds is 5. The van der Waals surface area contributed by atoms with Crippen LogP contribution < -0.4 is 0 Å². The molecule has 1 aliphatic rings. The average Bonchev–Trinajstić information content (AvgIpc) is 2.73. The van der Waals surface area contributed by atoms with Crippen LogP contribution in [-0.2, 0) is 21.6 Å². The number of carbonyl (C=O) groups is 2. The molecular weight excluding hydrogens is 342 g/mol. The fourth-order valence-electron chi connectivity index (χ4n) is 3.49. The first-order valence-corrected chi connectivity index (χ1v) is 8.89. The first-order chi connectivity index (χ1) is 13.2. The minimum Gasteiger partial charge on any atom is -0.445 e. The summed E-state index contributed by atoms with van der Waals surface area (Å²) in [6.07, 6.45) is 1.46. The van der Waals surface area contributed by atoms with Crippen LogP contribution in [-0.4, -0.2) is 40.9 Å². The van der Waals surface area contributed by atoms with Gasteiger partial charge in [0.05, 0.1) is 5.41 Å². The predicted octanol–water partition coefficient (Wildman–Crippen LogP) is 3.23. The lowest BCUT2D eigenvalue weighted by atomic mass is 9.70. The molecule has 0 unspecified atom stereocenters. The summed E-state index contributed by atoms with van der Waals surface area (Å²) in [6.45, 7) is 1.01. The van der Waals surface area contributed by atoms with Gasteiger partial charge in [-0.3, -0.25) is 4.79 Å². The number of Topliss-reactive ketones (excluding diaryl/α,β-unsaturated/α-hetero) is 1. The number of ether oxygens (including phenoxy) is 1. The third-order valence-corrected chi connectivity index (χ3v) is 5.05. The molecule has 2 aromatic rings. The van der Waals surface area contributed by atoms with E-state index in [4.69, 9.17) is 10.3 Å². The fraction of sp³-hybridized carbons (Fsp3) is 0.286. The number of hydrogen-bond donors (Lipinski definition) is 0. The van der Waals surface area contributed by atoms with Gasteiger partial charge in [0.2, 0.25) is 5.78 Å². The summed E-state index contributed by atoms with van der Waals surface area (Å²) >= 11 is 0. The van der Waals surface area contributed by atoms with Crippen LogP contribution in [0.1, 0.15) is 24.0 Å². The Morgan fingerprint density at radius 2 is 1.63 bits per heavy atom. The molecule has 1 saturated heterocycles. The van der Waals surface area contributed by atoms with Crippen molar-refractivity contribution < 1.29 is 19.1 Å². The molecule has 0 atom stereocenters. The maximum absolute atomic E-state index is 12.7. The topological polar surface area (TPSA) is 83.0 Å². The Bertz CT molecular complexity index is 837. The predicted molar refractivity (Wildman–Crippen MR) is 100 cm³/mol. The fourth-order valence-corrected chi connectivity index (χ4v) is 3.49. The molecule has 6 heteroatoms. The van der Waals surface area contributed by atoms with Crippen molar-refractivity contribution >= 4 is 18.1 Å². The van der Waals surface area contributed by atoms with Crippen LogP contribution in [0, 0.1) is 0 Å². The highest BCUT2D eigenvalue weighted by atomic mass is 16.6. The summed E-state index contributed by atoms with van der Waals surface area (Å²) in [7, 11) is 0. The number of ketones is 1. The summed E-state index contributed by atoms with van der Waals surface area (Å²) in [6, 6.07) is 18.9. The number of hydrogen-bond acceptors (Lipinski definition) is 3. The van der Waals surface area contributed by atoms with Crippen LogP contribution in [0.2, 0.25) is 0 Å². The van der Waals surface area contributed by atoms with Crippen LogP contribution >= 0.6 is 0 Å². The van der Waals surface area contributed by atoms with Crippen molar-refractivity contribution in [3.63, 3.8) is 0 Å². The minimum atomic E-state index is -0.788. The van der Waals surface area contributed by atoms with Crippen molar-refractivity contribution in [1.29, 1.82) is 0 Å². The summed E-state index contributed by atoms with van der Waals surface area (Å²) in [5.41, 5.74) is 9.82. The Labute approximate surface area is 158 Å². The molecule has 2 aromatic carbocycles. The van der Waals surface area contributed by atoms with E-state index >= 15 is 0 Å². The van der Waals surface area contributed by atoms with E-state index in [1.807, 2.05) is 60.7 Å². The monoisotopic (exact) mass is 363 g/mol. The Morgan fingerprint density at radius 1 is 1.04 bits per heavy atom. The van der Waals surface area contributed by atoms with E-state index in [1.165, 1.54) is 0 Å². The highest BCUT2D eigenvalue weighted by Crippen LogP contribution is 2.36. The van der Waals surface area contributed by atoms with E-state index in [1.54, 1.807) is 4.90 Å². The molecule has 0 aromatic heterocycles. The quantitative estimate of drug-likeness (QED) is 0.464. The van der Waals surface area contributed by atoms with Crippen molar-refractivity contribution in [3.8, 4) is 0 Å². The Morgan fingerprint density at radius 3 is 2.22 bits per heavy atom. The second-order valence-electron chi connectivity index (χ2n) is 6.58. The zero-order chi connectivity index (χ0) is 19.1. The van der Waals surface area contributed by atoms with E-state index in [9.17, 15) is 9.59 Å². The molecule has 0 saturated carbocycles. The molecule has 6 nitrogen and oxygen atoms in total. The molecule has 1 amide bonds. The largest absolute Gasteiger partial charge is 0.445 e. The minimum absolute atomic E-state index is 0.218. The van der Waals surface area contributed by atoms with Crippen LogP contribution in [0.25, 0.3) is 5.53 Å². The number of amides is 1. The lowest BCUT2D eigenvalue weighted by Gasteiger charge is -2.39. The first-order valence-electron chi connectivity index (χ1n) is 8.89. The van der Waals surface area contributed by atoms with Gasteiger partial charge in [0.1, 0.15) is 6.61 Å². The average molecular weight is 363 g/mol. The number of nitrogens with zero attached hydrogens (tertiary/aromatic N) is 3. The van der Waals surface area contributed by atoms with Crippen LogP contribution in [0.15, 0.2) is 60.7 Å². The maximum atomic E-state index is 12.7. The lowest BCUT2D eigenvalue weighted by molar-refractivity contribution is -0.122. The third-order valence-electron chi connectivity index (χ3n) is 5.05. The Kier molecular flexibility index (Phi) is 5.79. The highest BCUT2D eigenvalue weighted by molar-refractivity contribution is 6.29. The van der Waals surface area contributed by atoms with Gasteiger partial charge >= 0.3 is 12.3 Å². The molecule has 1 fully saturated rings. The highest BCUT2D eigenvalue weighted by Gasteiger charge is 2.44. The summed E-state index contributed by atoms with van der Waals surface area (Å²) in [4.78, 5) is 29.6. The molecule has 138 valence electrons. The van der Waals surface area contributed by atoms with Crippen molar-refractivity contribution in [2.75, 3.05) is 13.1 Å². The molecule has 3 rings (SSSR count). The van der Waals surface area contributed by atoms with Gasteiger partial charge in [-0.15, -0.1) is 0 Å². The molecule has 1 heterocycles. The van der Waals surface area contributed by atoms with Gasteiger partial charge in [-0.25, -0.2) is 4.79 Å². The van der Waals surface area contributed by atoms with E-state index in [2.05, 4.69) is 4.79 Å². The number of piperidine rings is 1. The number of benzene rings is 2. The number of carbonyl (C=O) groups excluding carboxylic acids is 2. The van der Waals surface area contributed by atoms with E-state index in [-0.39, 0.29) is 18.5 Å². The van der Waals surface area contributed by atoms with Crippen molar-refractivity contribution in [2.24, 2.45) is 0 Å². The molecular formula is C21H21N3O3. The van der Waals surface area contributed by atoms with Gasteiger partial charge in [0.15, 0.2) is 0 Å². The van der Waals surface area contributed by atoms with Gasteiger partial charge in [0, 0.05) is 13.1 Å². The first kappa shape index (κ1) is 18.5. The van der Waals surface area contributed by atoms with Crippen molar-refractivity contribution in [3.05, 3.63) is 77.3 Å². The van der Waals surface area contributed by atoms with E-state index in [0.29, 0.717) is 25.9 Å². The number of likely N-dealkylation sites (tertiary alicyclic amines) is 1. The normalized spacial score (nSPS) is 15.5. The third kappa shape index (κ3) is 4.13. The van der Waals surface area contributed by atoms with Gasteiger partial charge in [0.25, 0.3) is 0 Å². The Hall–Kier alpha value is -3.24. The second-order valence-corrected chi connectivity index (χ2v) is 6.58. The lowest BCUT2D eigenvalue weighted by Crippen LogP contribution is -2.49. The van der Waals surface area contributed by atoms with Crippen molar-refractivity contribution in [2.45, 2.75) is 24.9 Å². The van der Waals surface area contributed by atoms with Crippen LogP contribution in [0.3, 0.4) is 0 Å². The second kappa shape index (κ2) is 8.43. The van der Waals surface area contributed by atoms with Gasteiger partial charge < -0.3 is 15.2 Å². The summed E-state index contributed by atoms with van der Waals surface area (Å²) in [5, 5.41) is 0. The molecule has 1 aliphatic heterocycles. The van der Waals surface area contributed by atoms with Crippen LogP contribution in [0.4, 0.5) is 4.79 Å². The zero-order valence-electron chi connectivity index (χ0n) is 15.0. The molecule has 27 heavy (non-hydrogen) atoms. The molecule has 0 aliphatic carbocycles. The zero-order valence-corrected chi connectivity index (χ0v) is 15.0. The molecule has 0 N–H and O–H groups in total. The molecule has 0 radical (unpaired) electrons. The Balaban J connectivity index is 1.68. The van der Waals surface area contributed by atoms with Crippen LogP contribution in [0.5, 0.6) is 0 Å². The smallest absolute Gasteiger partial charge is 0.410 e. The van der Waals surface area contributed by atoms with Gasteiger partial charge in [-0.1, -0.05) is 60.7 Å². The SMILES string of the molecule is [N-]=[N+]=CC(=O)C1(c2ccccc2)CCN(C(=O)OCc2ccccc2)CC1. The standard InChI is InChI=1S/C21H21N3O3/c22-23-15-19(25)21(18-9-5-2-6-10-18)11-13-24(14-12-21)20(26)27-16-17-7-3-1-4-8-17/h1-10,15H,11-14,16H2.